The van der Waals surface area contributed by atoms with Crippen LogP contribution in [0.5, 0.6) is 0 Å². The molecule has 0 unspecified atom stereocenters. The van der Waals surface area contributed by atoms with Crippen molar-refractivity contribution in [3.05, 3.63) is 47.7 Å². The first-order chi connectivity index (χ1) is 8.19. The maximum Gasteiger partial charge on any atom is 0.137 e. The zero-order valence-electron chi connectivity index (χ0n) is 10.2. The Labute approximate surface area is 101 Å². The molecule has 2 aromatic rings. The molecular formula is C15H16O2. The highest BCUT2D eigenvalue weighted by Crippen LogP contribution is 2.23. The molecular weight excluding hydrogens is 212 g/mol. The second kappa shape index (κ2) is 5.00. The summed E-state index contributed by atoms with van der Waals surface area (Å²) in [5.41, 5.74) is 2.35. The second-order valence-corrected chi connectivity index (χ2v) is 4.20. The van der Waals surface area contributed by atoms with Gasteiger partial charge < -0.3 is 4.42 Å². The molecule has 0 aliphatic carbocycles. The minimum absolute atomic E-state index is 0.119. The lowest BCUT2D eigenvalue weighted by Crippen LogP contribution is -1.93. The molecule has 0 radical (unpaired) electrons. The van der Waals surface area contributed by atoms with Crippen molar-refractivity contribution in [2.45, 2.75) is 26.7 Å². The Morgan fingerprint density at radius 2 is 2.06 bits per heavy atom. The molecule has 0 aliphatic heterocycles. The van der Waals surface area contributed by atoms with E-state index in [4.69, 9.17) is 4.42 Å². The summed E-state index contributed by atoms with van der Waals surface area (Å²) in [7, 11) is 0. The third kappa shape index (κ3) is 2.84. The summed E-state index contributed by atoms with van der Waals surface area (Å²) in [6.45, 7) is 3.70. The van der Waals surface area contributed by atoms with Gasteiger partial charge in [-0.25, -0.2) is 0 Å². The highest BCUT2D eigenvalue weighted by molar-refractivity contribution is 5.77. The average Bonchev–Trinajstić information content (AvgIpc) is 2.77. The summed E-state index contributed by atoms with van der Waals surface area (Å²) in [5.74, 6) is 1.68. The van der Waals surface area contributed by atoms with Crippen molar-refractivity contribution in [3.8, 4) is 11.3 Å². The van der Waals surface area contributed by atoms with Crippen LogP contribution in [-0.2, 0) is 17.6 Å². The fraction of sp³-hybridized carbons (Fsp3) is 0.267. The summed E-state index contributed by atoms with van der Waals surface area (Å²) in [6.07, 6.45) is 1.38. The molecule has 2 heteroatoms. The van der Waals surface area contributed by atoms with Crippen LogP contribution in [0.15, 0.2) is 40.8 Å². The minimum Gasteiger partial charge on any atom is -0.461 e. The molecule has 1 heterocycles. The molecule has 2 rings (SSSR count). The summed E-state index contributed by atoms with van der Waals surface area (Å²) < 4.78 is 5.66. The Balaban J connectivity index is 2.26. The zero-order chi connectivity index (χ0) is 12.3. The largest absolute Gasteiger partial charge is 0.461 e. The Morgan fingerprint density at radius 3 is 2.76 bits per heavy atom. The van der Waals surface area contributed by atoms with Crippen LogP contribution in [0.25, 0.3) is 11.3 Å². The Kier molecular flexibility index (Phi) is 3.43. The molecule has 0 aliphatic rings. The lowest BCUT2D eigenvalue weighted by Gasteiger charge is -2.00. The van der Waals surface area contributed by atoms with Gasteiger partial charge in [0.05, 0.1) is 6.42 Å². The number of ketones is 1. The van der Waals surface area contributed by atoms with E-state index in [1.807, 2.05) is 24.3 Å². The van der Waals surface area contributed by atoms with Crippen molar-refractivity contribution < 1.29 is 9.21 Å². The van der Waals surface area contributed by atoms with Crippen molar-refractivity contribution >= 4 is 5.78 Å². The normalized spacial score (nSPS) is 10.5. The van der Waals surface area contributed by atoms with Crippen molar-refractivity contribution in [2.24, 2.45) is 0 Å². The molecule has 0 bridgehead atoms. The zero-order valence-corrected chi connectivity index (χ0v) is 10.2. The van der Waals surface area contributed by atoms with Crippen LogP contribution >= 0.6 is 0 Å². The van der Waals surface area contributed by atoms with Gasteiger partial charge in [-0.05, 0) is 37.1 Å². The lowest BCUT2D eigenvalue weighted by atomic mass is 10.1. The Hall–Kier alpha value is -1.83. The van der Waals surface area contributed by atoms with E-state index in [-0.39, 0.29) is 5.78 Å². The number of furan rings is 1. The van der Waals surface area contributed by atoms with Crippen molar-refractivity contribution in [1.82, 2.24) is 0 Å². The molecule has 1 aromatic heterocycles. The lowest BCUT2D eigenvalue weighted by molar-refractivity contribution is -0.116. The first kappa shape index (κ1) is 11.6. The molecule has 17 heavy (non-hydrogen) atoms. The molecule has 0 saturated carbocycles. The van der Waals surface area contributed by atoms with Crippen LogP contribution in [-0.4, -0.2) is 5.78 Å². The van der Waals surface area contributed by atoms with E-state index in [1.54, 1.807) is 6.92 Å². The highest BCUT2D eigenvalue weighted by atomic mass is 16.3. The minimum atomic E-state index is 0.119. The topological polar surface area (TPSA) is 30.2 Å². The number of hydrogen-bond acceptors (Lipinski definition) is 2. The van der Waals surface area contributed by atoms with E-state index >= 15 is 0 Å². The van der Waals surface area contributed by atoms with Crippen molar-refractivity contribution in [3.63, 3.8) is 0 Å². The number of carbonyl (C=O) groups is 1. The number of rotatable bonds is 4. The monoisotopic (exact) mass is 228 g/mol. The Bertz CT molecular complexity index is 523. The SMILES string of the molecule is CCc1cccc(-c2ccc(CC(C)=O)o2)c1. The average molecular weight is 228 g/mol. The molecule has 88 valence electrons. The second-order valence-electron chi connectivity index (χ2n) is 4.20. The van der Waals surface area contributed by atoms with E-state index in [0.717, 1.165) is 23.5 Å². The van der Waals surface area contributed by atoms with Crippen LogP contribution < -0.4 is 0 Å². The van der Waals surface area contributed by atoms with E-state index in [9.17, 15) is 4.79 Å². The van der Waals surface area contributed by atoms with Gasteiger partial charge in [0.15, 0.2) is 0 Å². The third-order valence-corrected chi connectivity index (χ3v) is 2.70. The van der Waals surface area contributed by atoms with Gasteiger partial charge in [0, 0.05) is 5.56 Å². The van der Waals surface area contributed by atoms with Gasteiger partial charge in [-0.2, -0.15) is 0 Å². The fourth-order valence-electron chi connectivity index (χ4n) is 1.82. The third-order valence-electron chi connectivity index (χ3n) is 2.70. The smallest absolute Gasteiger partial charge is 0.137 e. The summed E-state index contributed by atoms with van der Waals surface area (Å²) >= 11 is 0. The van der Waals surface area contributed by atoms with Crippen molar-refractivity contribution in [2.75, 3.05) is 0 Å². The first-order valence-electron chi connectivity index (χ1n) is 5.86. The van der Waals surface area contributed by atoms with Crippen molar-refractivity contribution in [1.29, 1.82) is 0 Å². The Morgan fingerprint density at radius 1 is 1.24 bits per heavy atom. The van der Waals surface area contributed by atoms with E-state index in [0.29, 0.717) is 6.42 Å². The summed E-state index contributed by atoms with van der Waals surface area (Å²) in [5, 5.41) is 0. The summed E-state index contributed by atoms with van der Waals surface area (Å²) in [4.78, 5) is 11.0. The number of hydrogen-bond donors (Lipinski definition) is 0. The van der Waals surface area contributed by atoms with Crippen LogP contribution in [0.1, 0.15) is 25.2 Å². The van der Waals surface area contributed by atoms with E-state index in [1.165, 1.54) is 5.56 Å². The molecule has 0 N–H and O–H groups in total. The van der Waals surface area contributed by atoms with Gasteiger partial charge in [-0.1, -0.05) is 25.1 Å². The number of carbonyl (C=O) groups excluding carboxylic acids is 1. The van der Waals surface area contributed by atoms with E-state index < -0.39 is 0 Å². The van der Waals surface area contributed by atoms with Gasteiger partial charge >= 0.3 is 0 Å². The fourth-order valence-corrected chi connectivity index (χ4v) is 1.82. The van der Waals surface area contributed by atoms with Gasteiger partial charge in [0.25, 0.3) is 0 Å². The molecule has 1 aromatic carbocycles. The predicted molar refractivity (Wildman–Crippen MR) is 67.9 cm³/mol. The summed E-state index contributed by atoms with van der Waals surface area (Å²) in [6, 6.07) is 12.1. The van der Waals surface area contributed by atoms with Crippen LogP contribution in [0.3, 0.4) is 0 Å². The molecule has 0 atom stereocenters. The van der Waals surface area contributed by atoms with Crippen LogP contribution in [0.4, 0.5) is 0 Å². The van der Waals surface area contributed by atoms with Crippen LogP contribution in [0.2, 0.25) is 0 Å². The van der Waals surface area contributed by atoms with Gasteiger partial charge in [-0.15, -0.1) is 0 Å². The van der Waals surface area contributed by atoms with Gasteiger partial charge in [0.2, 0.25) is 0 Å². The number of aryl methyl sites for hydroxylation is 1. The molecule has 2 nitrogen and oxygen atoms in total. The quantitative estimate of drug-likeness (QED) is 0.799. The van der Waals surface area contributed by atoms with Gasteiger partial charge in [-0.3, -0.25) is 4.79 Å². The van der Waals surface area contributed by atoms with Gasteiger partial charge in [0.1, 0.15) is 17.3 Å². The molecule has 0 amide bonds. The van der Waals surface area contributed by atoms with E-state index in [2.05, 4.69) is 19.1 Å². The standard InChI is InChI=1S/C15H16O2/c1-3-12-5-4-6-13(10-12)15-8-7-14(17-15)9-11(2)16/h4-8,10H,3,9H2,1-2H3. The molecule has 0 saturated heterocycles. The molecule has 0 spiro atoms. The maximum atomic E-state index is 11.0. The predicted octanol–water partition coefficient (Wildman–Crippen LogP) is 3.64. The molecule has 0 fully saturated rings. The van der Waals surface area contributed by atoms with Crippen LogP contribution in [0, 0.1) is 0 Å². The number of Topliss-reactive ketones (excluding diaryl/α,β-unsaturated/α-hetero) is 1. The first-order valence-corrected chi connectivity index (χ1v) is 5.86. The maximum absolute atomic E-state index is 11.0. The highest BCUT2D eigenvalue weighted by Gasteiger charge is 2.06. The number of benzene rings is 1.